The van der Waals surface area contributed by atoms with E-state index >= 15 is 0 Å². The van der Waals surface area contributed by atoms with Gasteiger partial charge in [-0.05, 0) is 65.5 Å². The van der Waals surface area contributed by atoms with Crippen molar-refractivity contribution in [2.45, 2.75) is 65.5 Å². The van der Waals surface area contributed by atoms with Crippen LogP contribution in [0, 0.1) is 19.8 Å². The molecule has 1 heterocycles. The molecule has 0 aromatic carbocycles. The van der Waals surface area contributed by atoms with Crippen LogP contribution < -0.4 is 10.7 Å². The van der Waals surface area contributed by atoms with E-state index in [1.807, 2.05) is 20.8 Å². The topological polar surface area (TPSA) is 55.3 Å². The van der Waals surface area contributed by atoms with Crippen molar-refractivity contribution >= 4 is 6.09 Å². The molecule has 0 aliphatic heterocycles. The van der Waals surface area contributed by atoms with E-state index < -0.39 is 5.60 Å². The smallest absolute Gasteiger partial charge is 0.407 e. The largest absolute Gasteiger partial charge is 0.444 e. The second-order valence-corrected chi connectivity index (χ2v) is 7.26. The zero-order valence-corrected chi connectivity index (χ0v) is 14.4. The van der Waals surface area contributed by atoms with Gasteiger partial charge in [0.1, 0.15) is 5.60 Å². The molecule has 2 N–H and O–H groups in total. The number of alkyl carbamates (subject to hydrolysis) is 1. The third-order valence-electron chi connectivity index (χ3n) is 4.13. The van der Waals surface area contributed by atoms with Crippen molar-refractivity contribution in [3.8, 4) is 0 Å². The highest BCUT2D eigenvalue weighted by Gasteiger charge is 2.28. The van der Waals surface area contributed by atoms with Crippen LogP contribution in [-0.4, -0.2) is 29.0 Å². The van der Waals surface area contributed by atoms with E-state index in [-0.39, 0.29) is 6.09 Å². The Hall–Kier alpha value is -1.65. The maximum atomic E-state index is 11.8. The molecule has 1 aliphatic carbocycles. The zero-order valence-electron chi connectivity index (χ0n) is 14.4. The summed E-state index contributed by atoms with van der Waals surface area (Å²) in [6.45, 7) is 10.5. The molecule has 5 heteroatoms. The predicted molar refractivity (Wildman–Crippen MR) is 88.6 cm³/mol. The molecule has 1 fully saturated rings. The number of rotatable bonds is 4. The summed E-state index contributed by atoms with van der Waals surface area (Å²) in [5.41, 5.74) is 5.58. The van der Waals surface area contributed by atoms with Gasteiger partial charge in [0.15, 0.2) is 0 Å². The average Bonchev–Trinajstić information content (AvgIpc) is 2.96. The first-order valence-electron chi connectivity index (χ1n) is 8.14. The van der Waals surface area contributed by atoms with Gasteiger partial charge in [0.05, 0.1) is 0 Å². The first-order valence-corrected chi connectivity index (χ1v) is 8.14. The fraction of sp³-hybridized carbons (Fsp3) is 0.706. The predicted octanol–water partition coefficient (Wildman–Crippen LogP) is 3.34. The zero-order chi connectivity index (χ0) is 16.3. The maximum absolute atomic E-state index is 11.8. The summed E-state index contributed by atoms with van der Waals surface area (Å²) >= 11 is 0. The van der Waals surface area contributed by atoms with Crippen LogP contribution in [-0.2, 0) is 4.74 Å². The molecular formula is C17H29N3O2. The van der Waals surface area contributed by atoms with Crippen molar-refractivity contribution in [3.63, 3.8) is 0 Å². The molecule has 0 bridgehead atoms. The molecule has 1 aromatic rings. The number of aromatic nitrogens is 1. The van der Waals surface area contributed by atoms with E-state index in [0.717, 1.165) is 12.8 Å². The molecule has 0 spiro atoms. The third kappa shape index (κ3) is 4.42. The van der Waals surface area contributed by atoms with Crippen LogP contribution in [0.3, 0.4) is 0 Å². The minimum atomic E-state index is -0.448. The van der Waals surface area contributed by atoms with Gasteiger partial charge in [0.25, 0.3) is 0 Å². The number of hydrogen-bond donors (Lipinski definition) is 2. The highest BCUT2D eigenvalue weighted by atomic mass is 16.6. The molecular weight excluding hydrogens is 278 g/mol. The lowest BCUT2D eigenvalue weighted by molar-refractivity contribution is 0.0518. The van der Waals surface area contributed by atoms with Gasteiger partial charge in [-0.1, -0.05) is 6.42 Å². The molecule has 5 nitrogen and oxygen atoms in total. The highest BCUT2D eigenvalue weighted by molar-refractivity contribution is 5.67. The molecule has 2 atom stereocenters. The minimum Gasteiger partial charge on any atom is -0.444 e. The number of ether oxygens (including phenoxy) is 1. The first-order chi connectivity index (χ1) is 10.3. The van der Waals surface area contributed by atoms with E-state index in [9.17, 15) is 4.79 Å². The molecule has 1 aromatic heterocycles. The summed E-state index contributed by atoms with van der Waals surface area (Å²) in [6, 6.07) is 4.62. The number of hydrogen-bond acceptors (Lipinski definition) is 3. The summed E-state index contributed by atoms with van der Waals surface area (Å²) in [5, 5.41) is 2.91. The molecule has 0 saturated heterocycles. The molecule has 124 valence electrons. The van der Waals surface area contributed by atoms with Crippen molar-refractivity contribution in [1.82, 2.24) is 9.99 Å². The Bertz CT molecular complexity index is 497. The minimum absolute atomic E-state index is 0.327. The van der Waals surface area contributed by atoms with Gasteiger partial charge in [-0.3, -0.25) is 4.68 Å². The molecule has 2 unspecified atom stereocenters. The number of nitrogens with one attached hydrogen (secondary N) is 2. The summed E-state index contributed by atoms with van der Waals surface area (Å²) in [7, 11) is 0. The lowest BCUT2D eigenvalue weighted by Gasteiger charge is -2.26. The van der Waals surface area contributed by atoms with E-state index in [4.69, 9.17) is 4.74 Å². The van der Waals surface area contributed by atoms with Gasteiger partial charge in [0, 0.05) is 24.0 Å². The second kappa shape index (κ2) is 6.63. The second-order valence-electron chi connectivity index (χ2n) is 7.26. The molecule has 1 amide bonds. The van der Waals surface area contributed by atoms with Gasteiger partial charge in [0.2, 0.25) is 0 Å². The number of carbonyl (C=O) groups is 1. The Balaban J connectivity index is 1.87. The van der Waals surface area contributed by atoms with Crippen molar-refractivity contribution < 1.29 is 9.53 Å². The standard InChI is InChI=1S/C17H29N3O2/c1-12-9-10-13(2)20(12)19-15-8-6-7-14(15)11-18-16(21)22-17(3,4)5/h9-10,14-15,19H,6-8,11H2,1-5H3,(H,18,21). The van der Waals surface area contributed by atoms with Crippen molar-refractivity contribution in [1.29, 1.82) is 0 Å². The third-order valence-corrected chi connectivity index (χ3v) is 4.13. The lowest BCUT2D eigenvalue weighted by atomic mass is 10.0. The SMILES string of the molecule is Cc1ccc(C)n1NC1CCCC1CNC(=O)OC(C)(C)C. The number of aryl methyl sites for hydroxylation is 2. The molecule has 1 aliphatic rings. The monoisotopic (exact) mass is 307 g/mol. The number of nitrogens with zero attached hydrogens (tertiary/aromatic N) is 1. The number of amides is 1. The van der Waals surface area contributed by atoms with Gasteiger partial charge >= 0.3 is 6.09 Å². The summed E-state index contributed by atoms with van der Waals surface area (Å²) in [4.78, 5) is 11.8. The van der Waals surface area contributed by atoms with Crippen LogP contribution in [0.5, 0.6) is 0 Å². The van der Waals surface area contributed by atoms with Gasteiger partial charge in [-0.25, -0.2) is 4.79 Å². The Morgan fingerprint density at radius 1 is 1.27 bits per heavy atom. The van der Waals surface area contributed by atoms with Crippen molar-refractivity contribution in [2.24, 2.45) is 5.92 Å². The Labute approximate surface area is 133 Å². The van der Waals surface area contributed by atoms with Gasteiger partial charge in [-0.15, -0.1) is 0 Å². The van der Waals surface area contributed by atoms with Crippen LogP contribution in [0.1, 0.15) is 51.4 Å². The van der Waals surface area contributed by atoms with Crippen molar-refractivity contribution in [2.75, 3.05) is 12.0 Å². The van der Waals surface area contributed by atoms with Crippen LogP contribution >= 0.6 is 0 Å². The van der Waals surface area contributed by atoms with Crippen LogP contribution in [0.4, 0.5) is 4.79 Å². The van der Waals surface area contributed by atoms with E-state index in [0.29, 0.717) is 18.5 Å². The number of carbonyl (C=O) groups excluding carboxylic acids is 1. The summed E-state index contributed by atoms with van der Waals surface area (Å²) < 4.78 is 7.45. The molecule has 22 heavy (non-hydrogen) atoms. The normalized spacial score (nSPS) is 21.7. The van der Waals surface area contributed by atoms with Crippen molar-refractivity contribution in [3.05, 3.63) is 23.5 Å². The fourth-order valence-electron chi connectivity index (χ4n) is 3.02. The van der Waals surface area contributed by atoms with Crippen LogP contribution in [0.2, 0.25) is 0 Å². The van der Waals surface area contributed by atoms with Crippen LogP contribution in [0.15, 0.2) is 12.1 Å². The van der Waals surface area contributed by atoms with E-state index in [1.165, 1.54) is 17.8 Å². The Morgan fingerprint density at radius 2 is 1.91 bits per heavy atom. The van der Waals surface area contributed by atoms with E-state index in [2.05, 4.69) is 41.4 Å². The molecule has 0 radical (unpaired) electrons. The maximum Gasteiger partial charge on any atom is 0.407 e. The molecule has 1 saturated carbocycles. The summed E-state index contributed by atoms with van der Waals surface area (Å²) in [6.07, 6.45) is 3.13. The highest BCUT2D eigenvalue weighted by Crippen LogP contribution is 2.26. The van der Waals surface area contributed by atoms with Gasteiger partial charge < -0.3 is 15.5 Å². The quantitative estimate of drug-likeness (QED) is 0.897. The molecule has 2 rings (SSSR count). The fourth-order valence-corrected chi connectivity index (χ4v) is 3.02. The Morgan fingerprint density at radius 3 is 2.50 bits per heavy atom. The average molecular weight is 307 g/mol. The summed E-state index contributed by atoms with van der Waals surface area (Å²) in [5.74, 6) is 0.439. The van der Waals surface area contributed by atoms with E-state index in [1.54, 1.807) is 0 Å². The van der Waals surface area contributed by atoms with Gasteiger partial charge in [-0.2, -0.15) is 0 Å². The Kier molecular flexibility index (Phi) is 5.04. The van der Waals surface area contributed by atoms with Crippen LogP contribution in [0.25, 0.3) is 0 Å². The lowest BCUT2D eigenvalue weighted by Crippen LogP contribution is -2.40. The first kappa shape index (κ1) is 16.7.